The topological polar surface area (TPSA) is 112 Å². The van der Waals surface area contributed by atoms with E-state index in [9.17, 15) is 19.8 Å². The molecule has 0 aromatic carbocycles. The molecule has 3 heterocycles. The summed E-state index contributed by atoms with van der Waals surface area (Å²) in [4.78, 5) is 24.8. The van der Waals surface area contributed by atoms with Crippen LogP contribution in [0.1, 0.15) is 33.6 Å². The second-order valence-electron chi connectivity index (χ2n) is 7.98. The summed E-state index contributed by atoms with van der Waals surface area (Å²) in [7, 11) is 1.42. The van der Waals surface area contributed by atoms with Gasteiger partial charge in [-0.25, -0.2) is 9.59 Å². The number of methoxy groups -OCH3 is 1. The molecule has 0 aromatic heterocycles. The van der Waals surface area contributed by atoms with E-state index in [0.717, 1.165) is 0 Å². The number of allylic oxidation sites excluding steroid dienone is 1. The standard InChI is InChI=1S/C21H28O8/c1-6-11(2)18(24)28-15-8-20(4)16(23)9-21(26-5,29-20)13(10-22)7-14-17(15)12(3)19(25)27-14/h6-7,14-17,22-23H,3,8-10H2,1-2,4-5H3/b11-6-,13-7-/t14-,15+,16+,17-,20-,21-/m0/s1. The Hall–Kier alpha value is -2.00. The molecule has 3 aliphatic rings. The number of hydrogen-bond acceptors (Lipinski definition) is 8. The van der Waals surface area contributed by atoms with Crippen LogP contribution in [0.3, 0.4) is 0 Å². The minimum Gasteiger partial charge on any atom is -0.458 e. The van der Waals surface area contributed by atoms with Gasteiger partial charge in [-0.2, -0.15) is 0 Å². The molecule has 3 rings (SSSR count). The molecule has 2 fully saturated rings. The van der Waals surface area contributed by atoms with Crippen LogP contribution in [0.5, 0.6) is 0 Å². The third kappa shape index (κ3) is 3.54. The number of aliphatic hydroxyl groups is 2. The third-order valence-electron chi connectivity index (χ3n) is 6.20. The summed E-state index contributed by atoms with van der Waals surface area (Å²) in [6.45, 7) is 8.45. The average Bonchev–Trinajstić information content (AvgIpc) is 3.12. The minimum absolute atomic E-state index is 0.0766. The molecule has 8 heteroatoms. The van der Waals surface area contributed by atoms with Crippen LogP contribution in [-0.2, 0) is 28.5 Å². The molecule has 29 heavy (non-hydrogen) atoms. The van der Waals surface area contributed by atoms with E-state index < -0.39 is 54.2 Å². The maximum Gasteiger partial charge on any atom is 0.334 e. The Labute approximate surface area is 169 Å². The van der Waals surface area contributed by atoms with Gasteiger partial charge in [0.2, 0.25) is 0 Å². The van der Waals surface area contributed by atoms with Gasteiger partial charge in [0.25, 0.3) is 0 Å². The molecule has 0 aromatic rings. The Morgan fingerprint density at radius 3 is 2.72 bits per heavy atom. The Morgan fingerprint density at radius 2 is 2.14 bits per heavy atom. The van der Waals surface area contributed by atoms with Crippen molar-refractivity contribution in [1.82, 2.24) is 0 Å². The average molecular weight is 408 g/mol. The number of hydrogen-bond donors (Lipinski definition) is 2. The molecule has 2 bridgehead atoms. The Kier molecular flexibility index (Phi) is 5.75. The summed E-state index contributed by atoms with van der Waals surface area (Å²) in [6.07, 6.45) is 0.738. The van der Waals surface area contributed by atoms with Crippen molar-refractivity contribution in [2.75, 3.05) is 13.7 Å². The van der Waals surface area contributed by atoms with E-state index in [2.05, 4.69) is 6.58 Å². The molecule has 0 amide bonds. The quantitative estimate of drug-likeness (QED) is 0.405. The van der Waals surface area contributed by atoms with Crippen molar-refractivity contribution >= 4 is 11.9 Å². The van der Waals surface area contributed by atoms with E-state index in [1.54, 1.807) is 32.9 Å². The fraction of sp³-hybridized carbons (Fsp3) is 0.619. The van der Waals surface area contributed by atoms with Crippen LogP contribution in [0.15, 0.2) is 35.5 Å². The van der Waals surface area contributed by atoms with E-state index in [1.807, 2.05) is 0 Å². The van der Waals surface area contributed by atoms with Gasteiger partial charge in [-0.15, -0.1) is 0 Å². The SMILES string of the molecule is C=C1C(=O)O[C@H]2/C=C(/CO)[C@]3(OC)C[C@@H](O)[C@](C)(C[C@@H](OC(=O)/C(C)=C\C)[C@@H]12)O3. The number of fused-ring (bicyclic) bond motifs is 3. The number of carbonyl (C=O) groups excluding carboxylic acids is 2. The predicted molar refractivity (Wildman–Crippen MR) is 101 cm³/mol. The van der Waals surface area contributed by atoms with Crippen LogP contribution < -0.4 is 0 Å². The molecule has 2 saturated heterocycles. The van der Waals surface area contributed by atoms with Crippen LogP contribution in [0, 0.1) is 5.92 Å². The number of ether oxygens (including phenoxy) is 4. The first kappa shape index (κ1) is 21.7. The van der Waals surface area contributed by atoms with E-state index in [1.165, 1.54) is 7.11 Å². The van der Waals surface area contributed by atoms with Gasteiger partial charge in [-0.05, 0) is 26.8 Å². The summed E-state index contributed by atoms with van der Waals surface area (Å²) >= 11 is 0. The van der Waals surface area contributed by atoms with Crippen LogP contribution in [0.2, 0.25) is 0 Å². The van der Waals surface area contributed by atoms with Crippen molar-refractivity contribution in [3.63, 3.8) is 0 Å². The lowest BCUT2D eigenvalue weighted by Gasteiger charge is -2.35. The van der Waals surface area contributed by atoms with E-state index in [-0.39, 0.29) is 18.4 Å². The van der Waals surface area contributed by atoms with Crippen molar-refractivity contribution in [1.29, 1.82) is 0 Å². The molecule has 0 radical (unpaired) electrons. The van der Waals surface area contributed by atoms with Crippen molar-refractivity contribution in [3.8, 4) is 0 Å². The highest BCUT2D eigenvalue weighted by molar-refractivity contribution is 5.92. The zero-order valence-corrected chi connectivity index (χ0v) is 17.1. The summed E-state index contributed by atoms with van der Waals surface area (Å²) < 4.78 is 22.9. The minimum atomic E-state index is -1.37. The molecule has 0 aliphatic carbocycles. The van der Waals surface area contributed by atoms with Crippen LogP contribution in [0.4, 0.5) is 0 Å². The van der Waals surface area contributed by atoms with Gasteiger partial charge in [-0.1, -0.05) is 12.7 Å². The van der Waals surface area contributed by atoms with Gasteiger partial charge < -0.3 is 29.2 Å². The lowest BCUT2D eigenvalue weighted by Crippen LogP contribution is -2.45. The van der Waals surface area contributed by atoms with Crippen LogP contribution >= 0.6 is 0 Å². The first-order valence-electron chi connectivity index (χ1n) is 9.60. The monoisotopic (exact) mass is 408 g/mol. The second-order valence-corrected chi connectivity index (χ2v) is 7.98. The highest BCUT2D eigenvalue weighted by Gasteiger charge is 2.59. The smallest absolute Gasteiger partial charge is 0.334 e. The van der Waals surface area contributed by atoms with Gasteiger partial charge in [0.15, 0.2) is 5.79 Å². The van der Waals surface area contributed by atoms with Crippen LogP contribution in [0.25, 0.3) is 0 Å². The number of esters is 2. The van der Waals surface area contributed by atoms with Gasteiger partial charge >= 0.3 is 11.9 Å². The Bertz CT molecular complexity index is 784. The predicted octanol–water partition coefficient (Wildman–Crippen LogP) is 1.17. The summed E-state index contributed by atoms with van der Waals surface area (Å²) in [5.41, 5.74) is -0.244. The number of carbonyl (C=O) groups is 2. The molecule has 0 spiro atoms. The zero-order valence-electron chi connectivity index (χ0n) is 17.1. The van der Waals surface area contributed by atoms with E-state index >= 15 is 0 Å². The molecule has 8 nitrogen and oxygen atoms in total. The zero-order chi connectivity index (χ0) is 21.6. The maximum atomic E-state index is 12.5. The highest BCUT2D eigenvalue weighted by atomic mass is 16.7. The molecule has 6 atom stereocenters. The van der Waals surface area contributed by atoms with Crippen molar-refractivity contribution < 1.29 is 38.7 Å². The molecular formula is C21H28O8. The molecular weight excluding hydrogens is 380 g/mol. The molecule has 0 saturated carbocycles. The first-order valence-corrected chi connectivity index (χ1v) is 9.60. The van der Waals surface area contributed by atoms with E-state index in [0.29, 0.717) is 11.1 Å². The Balaban J connectivity index is 2.11. The van der Waals surface area contributed by atoms with Crippen molar-refractivity contribution in [3.05, 3.63) is 35.5 Å². The van der Waals surface area contributed by atoms with Crippen molar-refractivity contribution in [2.24, 2.45) is 5.92 Å². The normalized spacial score (nSPS) is 41.6. The fourth-order valence-corrected chi connectivity index (χ4v) is 4.26. The van der Waals surface area contributed by atoms with Gasteiger partial charge in [0.05, 0.1) is 24.2 Å². The third-order valence-corrected chi connectivity index (χ3v) is 6.20. The molecule has 160 valence electrons. The second kappa shape index (κ2) is 7.68. The largest absolute Gasteiger partial charge is 0.458 e. The lowest BCUT2D eigenvalue weighted by molar-refractivity contribution is -0.225. The van der Waals surface area contributed by atoms with Crippen molar-refractivity contribution in [2.45, 2.75) is 63.3 Å². The van der Waals surface area contributed by atoms with E-state index in [4.69, 9.17) is 18.9 Å². The lowest BCUT2D eigenvalue weighted by atomic mass is 9.80. The molecule has 2 N–H and O–H groups in total. The summed E-state index contributed by atoms with van der Waals surface area (Å²) in [5, 5.41) is 20.8. The number of aliphatic hydroxyl groups excluding tert-OH is 2. The van der Waals surface area contributed by atoms with Gasteiger partial charge in [0.1, 0.15) is 12.2 Å². The van der Waals surface area contributed by atoms with Gasteiger partial charge in [0, 0.05) is 36.7 Å². The number of rotatable bonds is 4. The molecule has 3 aliphatic heterocycles. The summed E-state index contributed by atoms with van der Waals surface area (Å²) in [5.74, 6) is -3.19. The molecule has 0 unspecified atom stereocenters. The summed E-state index contributed by atoms with van der Waals surface area (Å²) in [6, 6.07) is 0. The highest BCUT2D eigenvalue weighted by Crippen LogP contribution is 2.49. The first-order chi connectivity index (χ1) is 13.6. The Morgan fingerprint density at radius 1 is 1.45 bits per heavy atom. The van der Waals surface area contributed by atoms with Crippen LogP contribution in [-0.4, -0.2) is 65.6 Å². The maximum absolute atomic E-state index is 12.5. The fourth-order valence-electron chi connectivity index (χ4n) is 4.26. The van der Waals surface area contributed by atoms with Gasteiger partial charge in [-0.3, -0.25) is 0 Å².